The second-order valence-corrected chi connectivity index (χ2v) is 5.98. The molecule has 1 aromatic carbocycles. The highest BCUT2D eigenvalue weighted by Crippen LogP contribution is 2.32. The fourth-order valence-corrected chi connectivity index (χ4v) is 3.82. The largest absolute Gasteiger partial charge is 0.381 e. The van der Waals surface area contributed by atoms with E-state index in [2.05, 4.69) is 36.5 Å². The van der Waals surface area contributed by atoms with Gasteiger partial charge in [0.1, 0.15) is 0 Å². The van der Waals surface area contributed by atoms with Crippen LogP contribution >= 0.6 is 0 Å². The van der Waals surface area contributed by atoms with E-state index < -0.39 is 0 Å². The fraction of sp³-hybridized carbons (Fsp3) is 0.647. The molecule has 0 radical (unpaired) electrons. The number of aryl methyl sites for hydroxylation is 1. The van der Waals surface area contributed by atoms with E-state index in [0.29, 0.717) is 6.04 Å². The van der Waals surface area contributed by atoms with Gasteiger partial charge in [-0.15, -0.1) is 0 Å². The van der Waals surface area contributed by atoms with Crippen molar-refractivity contribution in [1.29, 1.82) is 0 Å². The Hall–Kier alpha value is -0.860. The molecule has 3 rings (SSSR count). The standard InChI is InChI=1S/C17H25NO/c1-2-18-17(16-9-10-19-12-16)15-8-7-13-5-3-4-6-14(13)11-15/h3-6,15-18H,2,7-12H2,1H3. The Morgan fingerprint density at radius 1 is 1.21 bits per heavy atom. The van der Waals surface area contributed by atoms with Crippen molar-refractivity contribution in [3.05, 3.63) is 35.4 Å². The average Bonchev–Trinajstić information content (AvgIpc) is 2.98. The molecule has 0 aromatic heterocycles. The molecule has 1 aromatic rings. The summed E-state index contributed by atoms with van der Waals surface area (Å²) < 4.78 is 5.60. The third-order valence-corrected chi connectivity index (χ3v) is 4.81. The van der Waals surface area contributed by atoms with Crippen LogP contribution in [0, 0.1) is 11.8 Å². The van der Waals surface area contributed by atoms with Gasteiger partial charge in [-0.05, 0) is 49.3 Å². The van der Waals surface area contributed by atoms with Gasteiger partial charge in [-0.2, -0.15) is 0 Å². The maximum atomic E-state index is 5.60. The van der Waals surface area contributed by atoms with Gasteiger partial charge in [-0.3, -0.25) is 0 Å². The van der Waals surface area contributed by atoms with Crippen LogP contribution in [0.25, 0.3) is 0 Å². The number of hydrogen-bond acceptors (Lipinski definition) is 2. The topological polar surface area (TPSA) is 21.3 Å². The van der Waals surface area contributed by atoms with Crippen LogP contribution in [0.2, 0.25) is 0 Å². The highest BCUT2D eigenvalue weighted by molar-refractivity contribution is 5.30. The number of fused-ring (bicyclic) bond motifs is 1. The summed E-state index contributed by atoms with van der Waals surface area (Å²) in [5.74, 6) is 1.50. The molecule has 1 heterocycles. The lowest BCUT2D eigenvalue weighted by Gasteiger charge is -2.35. The monoisotopic (exact) mass is 259 g/mol. The molecule has 3 atom stereocenters. The van der Waals surface area contributed by atoms with Crippen molar-refractivity contribution >= 4 is 0 Å². The Labute approximate surface area is 116 Å². The molecule has 19 heavy (non-hydrogen) atoms. The van der Waals surface area contributed by atoms with Crippen molar-refractivity contribution in [2.45, 2.75) is 38.6 Å². The first-order chi connectivity index (χ1) is 9.38. The van der Waals surface area contributed by atoms with E-state index in [4.69, 9.17) is 4.74 Å². The zero-order valence-corrected chi connectivity index (χ0v) is 11.9. The highest BCUT2D eigenvalue weighted by Gasteiger charge is 2.33. The van der Waals surface area contributed by atoms with E-state index in [1.807, 2.05) is 0 Å². The zero-order valence-electron chi connectivity index (χ0n) is 11.9. The third-order valence-electron chi connectivity index (χ3n) is 4.81. The summed E-state index contributed by atoms with van der Waals surface area (Å²) in [4.78, 5) is 0. The van der Waals surface area contributed by atoms with E-state index in [-0.39, 0.29) is 0 Å². The first-order valence-corrected chi connectivity index (χ1v) is 7.76. The van der Waals surface area contributed by atoms with Gasteiger partial charge >= 0.3 is 0 Å². The smallest absolute Gasteiger partial charge is 0.0510 e. The van der Waals surface area contributed by atoms with E-state index in [1.54, 1.807) is 11.1 Å². The van der Waals surface area contributed by atoms with Crippen LogP contribution in [0.3, 0.4) is 0 Å². The Morgan fingerprint density at radius 2 is 2.05 bits per heavy atom. The molecule has 2 nitrogen and oxygen atoms in total. The lowest BCUT2D eigenvalue weighted by Crippen LogP contribution is -2.44. The van der Waals surface area contributed by atoms with Crippen molar-refractivity contribution in [2.24, 2.45) is 11.8 Å². The molecule has 2 aliphatic rings. The Kier molecular flexibility index (Phi) is 4.19. The van der Waals surface area contributed by atoms with E-state index in [1.165, 1.54) is 25.7 Å². The second-order valence-electron chi connectivity index (χ2n) is 5.98. The van der Waals surface area contributed by atoms with E-state index in [9.17, 15) is 0 Å². The lowest BCUT2D eigenvalue weighted by atomic mass is 9.76. The molecule has 3 unspecified atom stereocenters. The minimum Gasteiger partial charge on any atom is -0.381 e. The summed E-state index contributed by atoms with van der Waals surface area (Å²) in [6.07, 6.45) is 5.04. The fourth-order valence-electron chi connectivity index (χ4n) is 3.82. The van der Waals surface area contributed by atoms with Crippen molar-refractivity contribution in [1.82, 2.24) is 5.32 Å². The van der Waals surface area contributed by atoms with Crippen molar-refractivity contribution in [2.75, 3.05) is 19.8 Å². The van der Waals surface area contributed by atoms with Gasteiger partial charge in [0.05, 0.1) is 6.61 Å². The summed E-state index contributed by atoms with van der Waals surface area (Å²) in [7, 11) is 0. The van der Waals surface area contributed by atoms with Crippen LogP contribution in [0.1, 0.15) is 30.9 Å². The lowest BCUT2D eigenvalue weighted by molar-refractivity contribution is 0.161. The summed E-state index contributed by atoms with van der Waals surface area (Å²) in [6, 6.07) is 9.61. The molecule has 1 aliphatic heterocycles. The summed E-state index contributed by atoms with van der Waals surface area (Å²) in [5, 5.41) is 3.75. The summed E-state index contributed by atoms with van der Waals surface area (Å²) in [5.41, 5.74) is 3.14. The first kappa shape index (κ1) is 13.1. The van der Waals surface area contributed by atoms with Gasteiger partial charge in [-0.1, -0.05) is 31.2 Å². The molecule has 1 fully saturated rings. The van der Waals surface area contributed by atoms with Crippen LogP contribution < -0.4 is 5.32 Å². The molecule has 1 saturated heterocycles. The molecular weight excluding hydrogens is 234 g/mol. The summed E-state index contributed by atoms with van der Waals surface area (Å²) >= 11 is 0. The minimum absolute atomic E-state index is 0.640. The maximum absolute atomic E-state index is 5.60. The average molecular weight is 259 g/mol. The second kappa shape index (κ2) is 6.06. The van der Waals surface area contributed by atoms with E-state index >= 15 is 0 Å². The van der Waals surface area contributed by atoms with Gasteiger partial charge in [0.15, 0.2) is 0 Å². The number of benzene rings is 1. The molecule has 0 bridgehead atoms. The molecule has 104 valence electrons. The van der Waals surface area contributed by atoms with Crippen LogP contribution in [0.15, 0.2) is 24.3 Å². The van der Waals surface area contributed by atoms with Gasteiger partial charge in [0.25, 0.3) is 0 Å². The van der Waals surface area contributed by atoms with Crippen molar-refractivity contribution < 1.29 is 4.74 Å². The highest BCUT2D eigenvalue weighted by atomic mass is 16.5. The van der Waals surface area contributed by atoms with E-state index in [0.717, 1.165) is 31.6 Å². The molecule has 0 spiro atoms. The van der Waals surface area contributed by atoms with Crippen LogP contribution in [-0.2, 0) is 17.6 Å². The van der Waals surface area contributed by atoms with Gasteiger partial charge in [-0.25, -0.2) is 0 Å². The number of nitrogens with one attached hydrogen (secondary N) is 1. The Morgan fingerprint density at radius 3 is 2.79 bits per heavy atom. The van der Waals surface area contributed by atoms with Gasteiger partial charge < -0.3 is 10.1 Å². The van der Waals surface area contributed by atoms with Crippen LogP contribution in [-0.4, -0.2) is 25.8 Å². The molecule has 0 amide bonds. The Balaban J connectivity index is 1.73. The normalized spacial score (nSPS) is 28.1. The molecule has 0 saturated carbocycles. The Bertz CT molecular complexity index is 411. The predicted octanol–water partition coefficient (Wildman–Crippen LogP) is 2.81. The molecule has 1 N–H and O–H groups in total. The van der Waals surface area contributed by atoms with Crippen molar-refractivity contribution in [3.63, 3.8) is 0 Å². The zero-order chi connectivity index (χ0) is 13.1. The summed E-state index contributed by atoms with van der Waals surface area (Å²) in [6.45, 7) is 5.20. The first-order valence-electron chi connectivity index (χ1n) is 7.76. The van der Waals surface area contributed by atoms with Gasteiger partial charge in [0, 0.05) is 18.6 Å². The third kappa shape index (κ3) is 2.85. The number of ether oxygens (including phenoxy) is 1. The predicted molar refractivity (Wildman–Crippen MR) is 78.3 cm³/mol. The maximum Gasteiger partial charge on any atom is 0.0510 e. The quantitative estimate of drug-likeness (QED) is 0.898. The van der Waals surface area contributed by atoms with Crippen LogP contribution in [0.5, 0.6) is 0 Å². The van der Waals surface area contributed by atoms with Crippen LogP contribution in [0.4, 0.5) is 0 Å². The van der Waals surface area contributed by atoms with Crippen molar-refractivity contribution in [3.8, 4) is 0 Å². The molecular formula is C17H25NO. The number of rotatable bonds is 4. The number of hydrogen-bond donors (Lipinski definition) is 1. The minimum atomic E-state index is 0.640. The molecule has 2 heteroatoms. The SMILES string of the molecule is CCNC(C1CCOC1)C1CCc2ccccc2C1. The molecule has 1 aliphatic carbocycles. The van der Waals surface area contributed by atoms with Gasteiger partial charge in [0.2, 0.25) is 0 Å².